The molecule has 166 valence electrons. The highest BCUT2D eigenvalue weighted by Gasteiger charge is 2.41. The highest BCUT2D eigenvalue weighted by Crippen LogP contribution is 2.33. The second-order valence-corrected chi connectivity index (χ2v) is 8.36. The number of hydrogen-bond acceptors (Lipinski definition) is 5. The molecule has 1 heterocycles. The van der Waals surface area contributed by atoms with E-state index in [1.165, 1.54) is 6.92 Å². The van der Waals surface area contributed by atoms with Crippen molar-refractivity contribution < 1.29 is 19.9 Å². The van der Waals surface area contributed by atoms with Crippen LogP contribution in [0.4, 0.5) is 0 Å². The third-order valence-electron chi connectivity index (χ3n) is 6.41. The first-order chi connectivity index (χ1) is 14.8. The number of nitrogens with two attached hydrogens (primary N) is 1. The van der Waals surface area contributed by atoms with Crippen LogP contribution in [0.3, 0.4) is 0 Å². The molecule has 0 aliphatic carbocycles. The maximum atomic E-state index is 12.4. The van der Waals surface area contributed by atoms with Crippen molar-refractivity contribution in [2.45, 2.75) is 45.4 Å². The van der Waals surface area contributed by atoms with Crippen LogP contribution >= 0.6 is 0 Å². The summed E-state index contributed by atoms with van der Waals surface area (Å²) in [6.07, 6.45) is -0.0465. The number of likely N-dealkylation sites (tertiary alicyclic amines) is 1. The van der Waals surface area contributed by atoms with E-state index in [9.17, 15) is 19.9 Å². The predicted molar refractivity (Wildman–Crippen MR) is 118 cm³/mol. The van der Waals surface area contributed by atoms with E-state index in [-0.39, 0.29) is 5.92 Å². The molecule has 0 spiro atoms. The minimum Gasteiger partial charge on any atom is -0.393 e. The normalized spacial score (nSPS) is 21.3. The van der Waals surface area contributed by atoms with Gasteiger partial charge in [0, 0.05) is 18.5 Å². The van der Waals surface area contributed by atoms with E-state index in [0.717, 1.165) is 22.3 Å². The van der Waals surface area contributed by atoms with Crippen LogP contribution in [-0.2, 0) is 16.1 Å². The van der Waals surface area contributed by atoms with Gasteiger partial charge >= 0.3 is 0 Å². The van der Waals surface area contributed by atoms with Crippen molar-refractivity contribution in [3.8, 4) is 11.1 Å². The number of carbonyl (C=O) groups excluding carboxylic acids is 2. The predicted octanol–water partition coefficient (Wildman–Crippen LogP) is 2.23. The Morgan fingerprint density at radius 1 is 1.19 bits per heavy atom. The van der Waals surface area contributed by atoms with Gasteiger partial charge in [0.15, 0.2) is 0 Å². The van der Waals surface area contributed by atoms with Crippen LogP contribution in [0.5, 0.6) is 0 Å². The Hall–Kier alpha value is -2.74. The molecule has 1 fully saturated rings. The lowest BCUT2D eigenvalue weighted by Crippen LogP contribution is -2.54. The molecule has 4 atom stereocenters. The van der Waals surface area contributed by atoms with Crippen molar-refractivity contribution in [1.29, 1.82) is 0 Å². The number of benzene rings is 2. The molecule has 1 saturated heterocycles. The van der Waals surface area contributed by atoms with Crippen LogP contribution in [-0.4, -0.2) is 45.7 Å². The average Bonchev–Trinajstić information content (AvgIpc) is 2.76. The number of nitrogens with one attached hydrogen (secondary N) is 1. The highest BCUT2D eigenvalue weighted by molar-refractivity contribution is 5.80. The summed E-state index contributed by atoms with van der Waals surface area (Å²) in [7, 11) is 0. The molecule has 4 unspecified atom stereocenters. The number of piperidine rings is 1. The molecule has 3 rings (SSSR count). The van der Waals surface area contributed by atoms with E-state index in [2.05, 4.69) is 36.1 Å². The second-order valence-electron chi connectivity index (χ2n) is 8.36. The fourth-order valence-corrected chi connectivity index (χ4v) is 4.67. The maximum Gasteiger partial charge on any atom is 0.250 e. The van der Waals surface area contributed by atoms with Gasteiger partial charge in [0.05, 0.1) is 12.0 Å². The molecule has 2 aromatic carbocycles. The number of hydroxylamine groups is 1. The Morgan fingerprint density at radius 2 is 1.90 bits per heavy atom. The van der Waals surface area contributed by atoms with Gasteiger partial charge in [-0.1, -0.05) is 48.5 Å². The standard InChI is InChI=1S/C24H31N3O4/c1-15-19(9-6-10-20(15)17-7-4-3-5-8-17)14-27-12-11-18(23(25)29)13-21(27)22(16(2)28)24(30)26-31/h3-10,16,18,21-22,28,31H,11-14H2,1-2H3,(H2,25,29)(H,26,30). The first-order valence-corrected chi connectivity index (χ1v) is 10.6. The van der Waals surface area contributed by atoms with E-state index >= 15 is 0 Å². The first-order valence-electron chi connectivity index (χ1n) is 10.6. The number of aliphatic hydroxyl groups is 1. The van der Waals surface area contributed by atoms with E-state index in [4.69, 9.17) is 5.73 Å². The minimum absolute atomic E-state index is 0.357. The van der Waals surface area contributed by atoms with Gasteiger partial charge in [-0.2, -0.15) is 0 Å². The minimum atomic E-state index is -0.997. The van der Waals surface area contributed by atoms with Crippen molar-refractivity contribution in [1.82, 2.24) is 10.4 Å². The molecule has 7 heteroatoms. The molecule has 0 saturated carbocycles. The number of amides is 2. The zero-order chi connectivity index (χ0) is 22.5. The molecular weight excluding hydrogens is 394 g/mol. The lowest BCUT2D eigenvalue weighted by molar-refractivity contribution is -0.143. The Kier molecular flexibility index (Phi) is 7.43. The number of rotatable bonds is 7. The van der Waals surface area contributed by atoms with E-state index in [1.807, 2.05) is 24.3 Å². The molecule has 7 nitrogen and oxygen atoms in total. The summed E-state index contributed by atoms with van der Waals surface area (Å²) in [6.45, 7) is 4.72. The van der Waals surface area contributed by atoms with Crippen molar-refractivity contribution in [2.75, 3.05) is 6.54 Å². The Bertz CT molecular complexity index is 916. The van der Waals surface area contributed by atoms with Crippen LogP contribution in [0.2, 0.25) is 0 Å². The zero-order valence-electron chi connectivity index (χ0n) is 18.0. The summed E-state index contributed by atoms with van der Waals surface area (Å²) >= 11 is 0. The van der Waals surface area contributed by atoms with E-state index in [0.29, 0.717) is 25.9 Å². The summed E-state index contributed by atoms with van der Waals surface area (Å²) < 4.78 is 0. The largest absolute Gasteiger partial charge is 0.393 e. The number of nitrogens with zero attached hydrogens (tertiary/aromatic N) is 1. The summed E-state index contributed by atoms with van der Waals surface area (Å²) in [5.74, 6) is -2.32. The van der Waals surface area contributed by atoms with Crippen molar-refractivity contribution in [3.63, 3.8) is 0 Å². The fourth-order valence-electron chi connectivity index (χ4n) is 4.67. The lowest BCUT2D eigenvalue weighted by atomic mass is 9.80. The molecule has 0 aromatic heterocycles. The number of carbonyl (C=O) groups is 2. The van der Waals surface area contributed by atoms with Crippen LogP contribution in [0.15, 0.2) is 48.5 Å². The van der Waals surface area contributed by atoms with Gasteiger partial charge in [0.25, 0.3) is 5.91 Å². The number of primary amides is 1. The molecule has 31 heavy (non-hydrogen) atoms. The van der Waals surface area contributed by atoms with E-state index in [1.54, 1.807) is 5.48 Å². The van der Waals surface area contributed by atoms with Gasteiger partial charge in [-0.3, -0.25) is 19.7 Å². The third kappa shape index (κ3) is 5.12. The molecule has 2 amide bonds. The van der Waals surface area contributed by atoms with Gasteiger partial charge in [0.2, 0.25) is 5.91 Å². The van der Waals surface area contributed by atoms with E-state index < -0.39 is 29.9 Å². The summed E-state index contributed by atoms with van der Waals surface area (Å²) in [5, 5.41) is 19.5. The van der Waals surface area contributed by atoms with Gasteiger partial charge in [0.1, 0.15) is 0 Å². The molecule has 0 bridgehead atoms. The Labute approximate surface area is 182 Å². The topological polar surface area (TPSA) is 116 Å². The third-order valence-corrected chi connectivity index (χ3v) is 6.41. The molecule has 1 aliphatic rings. The van der Waals surface area contributed by atoms with Crippen LogP contribution in [0.1, 0.15) is 30.9 Å². The fraction of sp³-hybridized carbons (Fsp3) is 0.417. The highest BCUT2D eigenvalue weighted by atomic mass is 16.5. The number of hydrogen-bond donors (Lipinski definition) is 4. The lowest BCUT2D eigenvalue weighted by Gasteiger charge is -2.43. The summed E-state index contributed by atoms with van der Waals surface area (Å²) in [5.41, 5.74) is 11.7. The molecular formula is C24H31N3O4. The first kappa shape index (κ1) is 22.9. The molecule has 5 N–H and O–H groups in total. The maximum absolute atomic E-state index is 12.4. The van der Waals surface area contributed by atoms with Gasteiger partial charge in [-0.15, -0.1) is 0 Å². The van der Waals surface area contributed by atoms with Crippen LogP contribution < -0.4 is 11.2 Å². The SMILES string of the molecule is Cc1c(CN2CCC(C(N)=O)CC2C(C(=O)NO)C(C)O)cccc1-c1ccccc1. The summed E-state index contributed by atoms with van der Waals surface area (Å²) in [4.78, 5) is 26.3. The smallest absolute Gasteiger partial charge is 0.250 e. The summed E-state index contributed by atoms with van der Waals surface area (Å²) in [6, 6.07) is 15.9. The number of aliphatic hydroxyl groups excluding tert-OH is 1. The van der Waals surface area contributed by atoms with Gasteiger partial charge < -0.3 is 10.8 Å². The van der Waals surface area contributed by atoms with Crippen molar-refractivity contribution >= 4 is 11.8 Å². The quantitative estimate of drug-likeness (QED) is 0.401. The van der Waals surface area contributed by atoms with Crippen molar-refractivity contribution in [2.24, 2.45) is 17.6 Å². The Morgan fingerprint density at radius 3 is 2.52 bits per heavy atom. The zero-order valence-corrected chi connectivity index (χ0v) is 18.0. The van der Waals surface area contributed by atoms with Crippen LogP contribution in [0, 0.1) is 18.8 Å². The van der Waals surface area contributed by atoms with Crippen molar-refractivity contribution in [3.05, 3.63) is 59.7 Å². The second kappa shape index (κ2) is 10.0. The van der Waals surface area contributed by atoms with Gasteiger partial charge in [-0.25, -0.2) is 5.48 Å². The molecule has 0 radical (unpaired) electrons. The molecule has 2 aromatic rings. The monoisotopic (exact) mass is 425 g/mol. The average molecular weight is 426 g/mol. The Balaban J connectivity index is 1.93. The van der Waals surface area contributed by atoms with Crippen LogP contribution in [0.25, 0.3) is 11.1 Å². The molecule has 1 aliphatic heterocycles. The van der Waals surface area contributed by atoms with Gasteiger partial charge in [-0.05, 0) is 55.5 Å².